The van der Waals surface area contributed by atoms with Crippen molar-refractivity contribution in [3.05, 3.63) is 53.0 Å². The molecule has 0 aliphatic rings. The molecule has 3 aromatic heterocycles. The highest BCUT2D eigenvalue weighted by Gasteiger charge is 2.15. The summed E-state index contributed by atoms with van der Waals surface area (Å²) in [5, 5.41) is 3.44. The number of carbonyl (C=O) groups is 1. The van der Waals surface area contributed by atoms with E-state index in [1.165, 1.54) is 17.2 Å². The number of fused-ring (bicyclic) bond motifs is 3. The number of hydrogen-bond donors (Lipinski definition) is 2. The number of aromatic nitrogens is 3. The van der Waals surface area contributed by atoms with E-state index in [1.54, 1.807) is 38.5 Å². The van der Waals surface area contributed by atoms with Gasteiger partial charge in [0.25, 0.3) is 5.56 Å². The first kappa shape index (κ1) is 17.7. The van der Waals surface area contributed by atoms with Crippen LogP contribution in [0.5, 0.6) is 11.5 Å². The summed E-state index contributed by atoms with van der Waals surface area (Å²) in [5.41, 5.74) is 1.17. The average Bonchev–Trinajstić information content (AvgIpc) is 3.35. The van der Waals surface area contributed by atoms with E-state index in [9.17, 15) is 9.59 Å². The average molecular weight is 382 g/mol. The van der Waals surface area contributed by atoms with Crippen molar-refractivity contribution in [3.8, 4) is 11.5 Å². The molecule has 28 heavy (non-hydrogen) atoms. The number of furan rings is 1. The van der Waals surface area contributed by atoms with Crippen molar-refractivity contribution in [1.29, 1.82) is 0 Å². The van der Waals surface area contributed by atoms with E-state index in [4.69, 9.17) is 13.9 Å². The van der Waals surface area contributed by atoms with Crippen molar-refractivity contribution in [2.45, 2.75) is 13.1 Å². The minimum atomic E-state index is -0.340. The third kappa shape index (κ3) is 3.07. The second-order valence-corrected chi connectivity index (χ2v) is 6.14. The molecule has 1 aromatic carbocycles. The molecule has 4 aromatic rings. The van der Waals surface area contributed by atoms with Gasteiger partial charge in [-0.15, -0.1) is 0 Å². The Balaban J connectivity index is 1.65. The van der Waals surface area contributed by atoms with Gasteiger partial charge in [0, 0.05) is 11.5 Å². The Labute approximate surface area is 158 Å². The Bertz CT molecular complexity index is 1210. The van der Waals surface area contributed by atoms with E-state index in [-0.39, 0.29) is 24.6 Å². The fourth-order valence-corrected chi connectivity index (χ4v) is 3.04. The second-order valence-electron chi connectivity index (χ2n) is 6.14. The van der Waals surface area contributed by atoms with Crippen LogP contribution in [0, 0.1) is 0 Å². The number of ether oxygens (including phenoxy) is 2. The van der Waals surface area contributed by atoms with Gasteiger partial charge in [-0.2, -0.15) is 0 Å². The molecule has 0 atom stereocenters. The van der Waals surface area contributed by atoms with Crippen LogP contribution in [0.25, 0.3) is 21.9 Å². The molecular formula is C19H18N4O5. The summed E-state index contributed by atoms with van der Waals surface area (Å²) in [6.45, 7) is 0.104. The lowest BCUT2D eigenvalue weighted by Gasteiger charge is -2.07. The minimum Gasteiger partial charge on any atom is -0.493 e. The Morgan fingerprint density at radius 3 is 2.79 bits per heavy atom. The molecular weight excluding hydrogens is 364 g/mol. The monoisotopic (exact) mass is 382 g/mol. The van der Waals surface area contributed by atoms with Gasteiger partial charge in [0.1, 0.15) is 23.3 Å². The van der Waals surface area contributed by atoms with Crippen LogP contribution in [0.1, 0.15) is 5.76 Å². The van der Waals surface area contributed by atoms with Crippen molar-refractivity contribution in [1.82, 2.24) is 19.9 Å². The number of amides is 1. The summed E-state index contributed by atoms with van der Waals surface area (Å²) in [7, 11) is 3.08. The molecule has 0 unspecified atom stereocenters. The summed E-state index contributed by atoms with van der Waals surface area (Å²) < 4.78 is 17.0. The summed E-state index contributed by atoms with van der Waals surface area (Å²) in [6.07, 6.45) is 2.89. The summed E-state index contributed by atoms with van der Waals surface area (Å²) in [4.78, 5) is 32.4. The maximum absolute atomic E-state index is 12.8. The third-order valence-electron chi connectivity index (χ3n) is 4.43. The zero-order valence-electron chi connectivity index (χ0n) is 15.3. The predicted molar refractivity (Wildman–Crippen MR) is 102 cm³/mol. The lowest BCUT2D eigenvalue weighted by molar-refractivity contribution is -0.122. The molecule has 144 valence electrons. The molecule has 0 radical (unpaired) electrons. The van der Waals surface area contributed by atoms with Crippen molar-refractivity contribution in [2.24, 2.45) is 0 Å². The molecule has 0 saturated carbocycles. The zero-order chi connectivity index (χ0) is 19.7. The SMILES string of the molecule is COc1cc2[nH]c3c(=O)n(CC(=O)NCc4ccco4)cnc3c2cc1OC. The van der Waals surface area contributed by atoms with E-state index < -0.39 is 0 Å². The highest BCUT2D eigenvalue weighted by molar-refractivity contribution is 6.05. The first-order chi connectivity index (χ1) is 13.6. The zero-order valence-corrected chi connectivity index (χ0v) is 15.3. The van der Waals surface area contributed by atoms with Crippen LogP contribution in [-0.2, 0) is 17.9 Å². The summed E-state index contributed by atoms with van der Waals surface area (Å²) in [5.74, 6) is 1.39. The number of benzene rings is 1. The van der Waals surface area contributed by atoms with Crippen LogP contribution in [-0.4, -0.2) is 34.7 Å². The summed E-state index contributed by atoms with van der Waals surface area (Å²) in [6, 6.07) is 7.01. The fraction of sp³-hybridized carbons (Fsp3) is 0.211. The van der Waals surface area contributed by atoms with E-state index in [2.05, 4.69) is 15.3 Å². The predicted octanol–water partition coefficient (Wildman–Crippen LogP) is 1.80. The highest BCUT2D eigenvalue weighted by atomic mass is 16.5. The van der Waals surface area contributed by atoms with Crippen LogP contribution in [0.4, 0.5) is 0 Å². The molecule has 9 heteroatoms. The quantitative estimate of drug-likeness (QED) is 0.526. The molecule has 1 amide bonds. The number of nitrogens with one attached hydrogen (secondary N) is 2. The largest absolute Gasteiger partial charge is 0.493 e. The standard InChI is InChI=1S/C19H18N4O5/c1-26-14-6-12-13(7-15(14)27-2)22-18-17(12)21-10-23(19(18)25)9-16(24)20-8-11-4-3-5-28-11/h3-7,10,22H,8-9H2,1-2H3,(H,20,24). The van der Waals surface area contributed by atoms with Gasteiger partial charge in [0.05, 0.1) is 38.9 Å². The van der Waals surface area contributed by atoms with Crippen molar-refractivity contribution >= 4 is 27.8 Å². The number of aromatic amines is 1. The van der Waals surface area contributed by atoms with E-state index >= 15 is 0 Å². The first-order valence-electron chi connectivity index (χ1n) is 8.52. The van der Waals surface area contributed by atoms with Gasteiger partial charge >= 0.3 is 0 Å². The Morgan fingerprint density at radius 1 is 1.29 bits per heavy atom. The fourth-order valence-electron chi connectivity index (χ4n) is 3.04. The van der Waals surface area contributed by atoms with Crippen LogP contribution < -0.4 is 20.3 Å². The molecule has 0 bridgehead atoms. The first-order valence-corrected chi connectivity index (χ1v) is 8.52. The van der Waals surface area contributed by atoms with Crippen LogP contribution >= 0.6 is 0 Å². The van der Waals surface area contributed by atoms with Crippen LogP contribution in [0.3, 0.4) is 0 Å². The molecule has 0 spiro atoms. The van der Waals surface area contributed by atoms with Gasteiger partial charge in [0.15, 0.2) is 11.5 Å². The minimum absolute atomic E-state index is 0.148. The van der Waals surface area contributed by atoms with Crippen molar-refractivity contribution in [2.75, 3.05) is 14.2 Å². The van der Waals surface area contributed by atoms with E-state index in [0.29, 0.717) is 33.8 Å². The molecule has 0 fully saturated rings. The van der Waals surface area contributed by atoms with Crippen molar-refractivity contribution < 1.29 is 18.7 Å². The lowest BCUT2D eigenvalue weighted by atomic mass is 10.2. The number of methoxy groups -OCH3 is 2. The third-order valence-corrected chi connectivity index (χ3v) is 4.43. The topological polar surface area (TPSA) is 111 Å². The summed E-state index contributed by atoms with van der Waals surface area (Å²) >= 11 is 0. The Kier molecular flexibility index (Phi) is 4.48. The number of nitrogens with zero attached hydrogens (tertiary/aromatic N) is 2. The van der Waals surface area contributed by atoms with Crippen LogP contribution in [0.2, 0.25) is 0 Å². The number of H-pyrrole nitrogens is 1. The molecule has 0 aliphatic heterocycles. The number of carbonyl (C=O) groups excluding carboxylic acids is 1. The number of rotatable bonds is 6. The lowest BCUT2D eigenvalue weighted by Crippen LogP contribution is -2.32. The smallest absolute Gasteiger partial charge is 0.278 e. The van der Waals surface area contributed by atoms with Crippen molar-refractivity contribution in [3.63, 3.8) is 0 Å². The number of hydrogen-bond acceptors (Lipinski definition) is 6. The van der Waals surface area contributed by atoms with Gasteiger partial charge in [0.2, 0.25) is 5.91 Å². The Morgan fingerprint density at radius 2 is 2.07 bits per heavy atom. The molecule has 9 nitrogen and oxygen atoms in total. The highest BCUT2D eigenvalue weighted by Crippen LogP contribution is 2.34. The Hall–Kier alpha value is -3.75. The normalized spacial score (nSPS) is 11.1. The van der Waals surface area contributed by atoms with E-state index in [1.807, 2.05) is 0 Å². The molecule has 0 saturated heterocycles. The molecule has 4 rings (SSSR count). The van der Waals surface area contributed by atoms with Gasteiger partial charge in [-0.3, -0.25) is 14.2 Å². The van der Waals surface area contributed by atoms with E-state index in [0.717, 1.165) is 5.39 Å². The van der Waals surface area contributed by atoms with Gasteiger partial charge < -0.3 is 24.2 Å². The second kappa shape index (κ2) is 7.10. The molecule has 0 aliphatic carbocycles. The molecule has 2 N–H and O–H groups in total. The maximum Gasteiger partial charge on any atom is 0.278 e. The van der Waals surface area contributed by atoms with Gasteiger partial charge in [-0.1, -0.05) is 0 Å². The maximum atomic E-state index is 12.8. The van der Waals surface area contributed by atoms with Crippen LogP contribution in [0.15, 0.2) is 46.1 Å². The van der Waals surface area contributed by atoms with Gasteiger partial charge in [-0.25, -0.2) is 4.98 Å². The molecule has 3 heterocycles. The van der Waals surface area contributed by atoms with Gasteiger partial charge in [-0.05, 0) is 18.2 Å².